The van der Waals surface area contributed by atoms with Crippen LogP contribution in [0.4, 0.5) is 0 Å². The Hall–Kier alpha value is -0.410. The predicted molar refractivity (Wildman–Crippen MR) is 65.4 cm³/mol. The Morgan fingerprint density at radius 3 is 3.20 bits per heavy atom. The standard InChI is InChI=1S/C12H19NOS/c1-9(8-15-2)13-7-6-10-11(13)4-3-5-12(10)14/h6-7,9,12,14H,3-5,8H2,1-2H3. The Kier molecular flexibility index (Phi) is 3.42. The molecule has 2 rings (SSSR count). The maximum absolute atomic E-state index is 9.87. The molecule has 0 aliphatic heterocycles. The summed E-state index contributed by atoms with van der Waals surface area (Å²) in [7, 11) is 0. The van der Waals surface area contributed by atoms with Crippen molar-refractivity contribution in [2.24, 2.45) is 0 Å². The minimum atomic E-state index is -0.225. The Morgan fingerprint density at radius 2 is 2.47 bits per heavy atom. The first kappa shape index (κ1) is 11.1. The van der Waals surface area contributed by atoms with E-state index in [4.69, 9.17) is 0 Å². The van der Waals surface area contributed by atoms with Gasteiger partial charge in [0.05, 0.1) is 6.10 Å². The van der Waals surface area contributed by atoms with Gasteiger partial charge in [-0.2, -0.15) is 11.8 Å². The van der Waals surface area contributed by atoms with E-state index in [0.29, 0.717) is 6.04 Å². The monoisotopic (exact) mass is 225 g/mol. The zero-order valence-electron chi connectivity index (χ0n) is 9.44. The van der Waals surface area contributed by atoms with Crippen molar-refractivity contribution in [3.63, 3.8) is 0 Å². The van der Waals surface area contributed by atoms with Gasteiger partial charge in [0, 0.05) is 29.2 Å². The first-order valence-corrected chi connectivity index (χ1v) is 7.00. The molecule has 2 unspecified atom stereocenters. The van der Waals surface area contributed by atoms with Gasteiger partial charge in [-0.25, -0.2) is 0 Å². The van der Waals surface area contributed by atoms with Crippen LogP contribution in [0.3, 0.4) is 0 Å². The van der Waals surface area contributed by atoms with Crippen molar-refractivity contribution in [2.75, 3.05) is 12.0 Å². The summed E-state index contributed by atoms with van der Waals surface area (Å²) in [5.41, 5.74) is 2.52. The normalized spacial score (nSPS) is 22.5. The third kappa shape index (κ3) is 2.08. The second kappa shape index (κ2) is 4.62. The van der Waals surface area contributed by atoms with Crippen LogP contribution in [0.15, 0.2) is 12.3 Å². The zero-order valence-corrected chi connectivity index (χ0v) is 10.3. The van der Waals surface area contributed by atoms with Crippen molar-refractivity contribution in [2.45, 2.75) is 38.3 Å². The van der Waals surface area contributed by atoms with Gasteiger partial charge in [-0.1, -0.05) is 0 Å². The average Bonchev–Trinajstić information content (AvgIpc) is 2.63. The van der Waals surface area contributed by atoms with E-state index in [0.717, 1.165) is 30.6 Å². The number of thioether (sulfide) groups is 1. The summed E-state index contributed by atoms with van der Waals surface area (Å²) in [5.74, 6) is 1.14. The molecule has 0 saturated heterocycles. The molecule has 1 aromatic rings. The van der Waals surface area contributed by atoms with Crippen molar-refractivity contribution < 1.29 is 5.11 Å². The third-order valence-electron chi connectivity index (χ3n) is 3.19. The SMILES string of the molecule is CSCC(C)n1ccc2c1CCCC2O. The van der Waals surface area contributed by atoms with E-state index in [1.54, 1.807) is 0 Å². The van der Waals surface area contributed by atoms with E-state index in [2.05, 4.69) is 30.0 Å². The van der Waals surface area contributed by atoms with Crippen molar-refractivity contribution in [1.29, 1.82) is 0 Å². The van der Waals surface area contributed by atoms with Gasteiger partial charge >= 0.3 is 0 Å². The molecular weight excluding hydrogens is 206 g/mol. The first-order chi connectivity index (χ1) is 7.24. The summed E-state index contributed by atoms with van der Waals surface area (Å²) in [6, 6.07) is 2.63. The Balaban J connectivity index is 2.26. The number of aliphatic hydroxyl groups is 1. The van der Waals surface area contributed by atoms with Crippen molar-refractivity contribution in [3.8, 4) is 0 Å². The van der Waals surface area contributed by atoms with E-state index in [1.807, 2.05) is 11.8 Å². The summed E-state index contributed by atoms with van der Waals surface area (Å²) in [6.45, 7) is 2.25. The third-order valence-corrected chi connectivity index (χ3v) is 4.01. The second-order valence-electron chi connectivity index (χ2n) is 4.34. The summed E-state index contributed by atoms with van der Waals surface area (Å²) >= 11 is 1.88. The lowest BCUT2D eigenvalue weighted by atomic mass is 9.95. The lowest BCUT2D eigenvalue weighted by molar-refractivity contribution is 0.155. The summed E-state index contributed by atoms with van der Waals surface area (Å²) in [6.07, 6.45) is 7.22. The molecule has 1 heterocycles. The smallest absolute Gasteiger partial charge is 0.0807 e. The average molecular weight is 225 g/mol. The molecule has 0 spiro atoms. The fourth-order valence-electron chi connectivity index (χ4n) is 2.43. The first-order valence-electron chi connectivity index (χ1n) is 5.60. The van der Waals surface area contributed by atoms with Gasteiger partial charge in [-0.05, 0) is 38.5 Å². The fraction of sp³-hybridized carbons (Fsp3) is 0.667. The van der Waals surface area contributed by atoms with E-state index in [9.17, 15) is 5.11 Å². The molecule has 0 radical (unpaired) electrons. The fourth-order valence-corrected chi connectivity index (χ4v) is 3.07. The number of hydrogen-bond donors (Lipinski definition) is 1. The second-order valence-corrected chi connectivity index (χ2v) is 5.25. The van der Waals surface area contributed by atoms with Gasteiger partial charge in [-0.3, -0.25) is 0 Å². The highest BCUT2D eigenvalue weighted by molar-refractivity contribution is 7.98. The molecule has 1 aromatic heterocycles. The quantitative estimate of drug-likeness (QED) is 0.855. The number of hydrogen-bond acceptors (Lipinski definition) is 2. The maximum atomic E-state index is 9.87. The summed E-state index contributed by atoms with van der Waals surface area (Å²) in [4.78, 5) is 0. The highest BCUT2D eigenvalue weighted by atomic mass is 32.2. The van der Waals surface area contributed by atoms with Crippen molar-refractivity contribution >= 4 is 11.8 Å². The van der Waals surface area contributed by atoms with Gasteiger partial charge in [-0.15, -0.1) is 0 Å². The molecule has 2 nitrogen and oxygen atoms in total. The van der Waals surface area contributed by atoms with E-state index >= 15 is 0 Å². The number of rotatable bonds is 3. The minimum Gasteiger partial charge on any atom is -0.388 e. The molecule has 1 N–H and O–H groups in total. The number of fused-ring (bicyclic) bond motifs is 1. The molecule has 3 heteroatoms. The lowest BCUT2D eigenvalue weighted by Gasteiger charge is -2.23. The molecule has 0 aromatic carbocycles. The Morgan fingerprint density at radius 1 is 1.67 bits per heavy atom. The van der Waals surface area contributed by atoms with Crippen LogP contribution in [0.1, 0.15) is 43.2 Å². The van der Waals surface area contributed by atoms with Gasteiger partial charge in [0.15, 0.2) is 0 Å². The maximum Gasteiger partial charge on any atom is 0.0807 e. The molecule has 0 saturated carbocycles. The largest absolute Gasteiger partial charge is 0.388 e. The number of nitrogens with zero attached hydrogens (tertiary/aromatic N) is 1. The van der Waals surface area contributed by atoms with E-state index < -0.39 is 0 Å². The molecule has 2 atom stereocenters. The number of aromatic nitrogens is 1. The van der Waals surface area contributed by atoms with Crippen molar-refractivity contribution in [3.05, 3.63) is 23.5 Å². The molecule has 0 fully saturated rings. The molecular formula is C12H19NOS. The van der Waals surface area contributed by atoms with Crippen LogP contribution in [-0.4, -0.2) is 21.7 Å². The number of aliphatic hydroxyl groups excluding tert-OH is 1. The van der Waals surface area contributed by atoms with Crippen LogP contribution in [-0.2, 0) is 6.42 Å². The zero-order chi connectivity index (χ0) is 10.8. The van der Waals surface area contributed by atoms with E-state index in [1.165, 1.54) is 5.69 Å². The highest BCUT2D eigenvalue weighted by Crippen LogP contribution is 2.32. The molecule has 15 heavy (non-hydrogen) atoms. The predicted octanol–water partition coefficient (Wildman–Crippen LogP) is 2.78. The molecule has 0 amide bonds. The Labute approximate surface area is 95.7 Å². The van der Waals surface area contributed by atoms with Crippen LogP contribution in [0, 0.1) is 0 Å². The molecule has 1 aliphatic rings. The minimum absolute atomic E-state index is 0.225. The van der Waals surface area contributed by atoms with E-state index in [-0.39, 0.29) is 6.10 Å². The summed E-state index contributed by atoms with van der Waals surface area (Å²) < 4.78 is 2.34. The molecule has 0 bridgehead atoms. The molecule has 1 aliphatic carbocycles. The topological polar surface area (TPSA) is 25.2 Å². The lowest BCUT2D eigenvalue weighted by Crippen LogP contribution is -2.15. The van der Waals surface area contributed by atoms with Crippen LogP contribution in [0.5, 0.6) is 0 Å². The highest BCUT2D eigenvalue weighted by Gasteiger charge is 2.22. The van der Waals surface area contributed by atoms with Crippen LogP contribution in [0.2, 0.25) is 0 Å². The van der Waals surface area contributed by atoms with Gasteiger partial charge in [0.1, 0.15) is 0 Å². The summed E-state index contributed by atoms with van der Waals surface area (Å²) in [5, 5.41) is 9.87. The van der Waals surface area contributed by atoms with Gasteiger partial charge in [0.2, 0.25) is 0 Å². The van der Waals surface area contributed by atoms with Crippen LogP contribution in [0.25, 0.3) is 0 Å². The van der Waals surface area contributed by atoms with Crippen LogP contribution < -0.4 is 0 Å². The van der Waals surface area contributed by atoms with Crippen molar-refractivity contribution in [1.82, 2.24) is 4.57 Å². The van der Waals surface area contributed by atoms with Gasteiger partial charge < -0.3 is 9.67 Å². The van der Waals surface area contributed by atoms with Gasteiger partial charge in [0.25, 0.3) is 0 Å². The molecule has 84 valence electrons. The van der Waals surface area contributed by atoms with Crippen LogP contribution >= 0.6 is 11.8 Å². The Bertz CT molecular complexity index is 334.